The summed E-state index contributed by atoms with van der Waals surface area (Å²) < 4.78 is 20.8. The monoisotopic (exact) mass is 619 g/mol. The summed E-state index contributed by atoms with van der Waals surface area (Å²) in [5.74, 6) is -0.512. The molecule has 230 valence electrons. The van der Waals surface area contributed by atoms with E-state index >= 15 is 0 Å². The Labute approximate surface area is 259 Å². The number of hydrogen-bond acceptors (Lipinski definition) is 10. The number of rotatable bonds is 11. The minimum Gasteiger partial charge on any atom is -0.493 e. The molecule has 0 aliphatic carbocycles. The van der Waals surface area contributed by atoms with Crippen LogP contribution >= 0.6 is 11.8 Å². The number of carbonyl (C=O) groups excluding carboxylic acids is 4. The molecule has 1 fully saturated rings. The fourth-order valence-corrected chi connectivity index (χ4v) is 5.38. The van der Waals surface area contributed by atoms with Gasteiger partial charge in [0.1, 0.15) is 5.25 Å². The SMILES string of the molecule is CCOC(=O)c1ccc(N=C2SC(C(=O)Nc3ccc(C(=O)OCC)cc3)CC(=O)N2Cc2ccc(OC)c(OC)c2)cc1. The Balaban J connectivity index is 1.58. The van der Waals surface area contributed by atoms with E-state index < -0.39 is 17.2 Å². The van der Waals surface area contributed by atoms with E-state index in [2.05, 4.69) is 5.32 Å². The third kappa shape index (κ3) is 7.95. The molecule has 1 saturated heterocycles. The van der Waals surface area contributed by atoms with Crippen LogP contribution in [0.2, 0.25) is 0 Å². The van der Waals surface area contributed by atoms with E-state index in [0.29, 0.717) is 39.2 Å². The van der Waals surface area contributed by atoms with Crippen molar-refractivity contribution in [3.63, 3.8) is 0 Å². The summed E-state index contributed by atoms with van der Waals surface area (Å²) in [4.78, 5) is 57.1. The summed E-state index contributed by atoms with van der Waals surface area (Å²) in [7, 11) is 3.07. The molecule has 4 rings (SSSR count). The summed E-state index contributed by atoms with van der Waals surface area (Å²) in [6.07, 6.45) is -0.0640. The van der Waals surface area contributed by atoms with Crippen molar-refractivity contribution in [2.24, 2.45) is 4.99 Å². The van der Waals surface area contributed by atoms with E-state index in [0.717, 1.165) is 17.3 Å². The van der Waals surface area contributed by atoms with Gasteiger partial charge in [-0.05, 0) is 80.1 Å². The zero-order valence-electron chi connectivity index (χ0n) is 24.8. The van der Waals surface area contributed by atoms with E-state index in [1.807, 2.05) is 6.07 Å². The highest BCUT2D eigenvalue weighted by Gasteiger charge is 2.36. The molecule has 0 radical (unpaired) electrons. The molecule has 44 heavy (non-hydrogen) atoms. The predicted molar refractivity (Wildman–Crippen MR) is 167 cm³/mol. The van der Waals surface area contributed by atoms with Crippen LogP contribution in [0.25, 0.3) is 0 Å². The van der Waals surface area contributed by atoms with Crippen molar-refractivity contribution in [1.29, 1.82) is 0 Å². The smallest absolute Gasteiger partial charge is 0.338 e. The van der Waals surface area contributed by atoms with Crippen molar-refractivity contribution in [3.8, 4) is 11.5 Å². The molecular formula is C32H33N3O8S. The molecule has 1 aliphatic rings. The molecule has 0 aromatic heterocycles. The fraction of sp³-hybridized carbons (Fsp3) is 0.281. The predicted octanol–water partition coefficient (Wildman–Crippen LogP) is 5.22. The maximum Gasteiger partial charge on any atom is 0.338 e. The van der Waals surface area contributed by atoms with Gasteiger partial charge in [0, 0.05) is 12.1 Å². The van der Waals surface area contributed by atoms with Crippen molar-refractivity contribution in [1.82, 2.24) is 4.90 Å². The van der Waals surface area contributed by atoms with Crippen molar-refractivity contribution in [2.45, 2.75) is 32.1 Å². The topological polar surface area (TPSA) is 133 Å². The van der Waals surface area contributed by atoms with Crippen LogP contribution in [0, 0.1) is 0 Å². The van der Waals surface area contributed by atoms with Gasteiger partial charge in [-0.3, -0.25) is 14.5 Å². The molecule has 3 aromatic carbocycles. The molecule has 3 aromatic rings. The Morgan fingerprint density at radius 1 is 0.864 bits per heavy atom. The molecule has 0 bridgehead atoms. The molecule has 1 heterocycles. The maximum absolute atomic E-state index is 13.5. The molecule has 11 nitrogen and oxygen atoms in total. The van der Waals surface area contributed by atoms with Gasteiger partial charge in [-0.2, -0.15) is 0 Å². The molecule has 1 aliphatic heterocycles. The molecule has 1 N–H and O–H groups in total. The third-order valence-electron chi connectivity index (χ3n) is 6.49. The first-order valence-electron chi connectivity index (χ1n) is 13.9. The number of carbonyl (C=O) groups is 4. The second kappa shape index (κ2) is 15.1. The van der Waals surface area contributed by atoms with Gasteiger partial charge in [0.15, 0.2) is 16.7 Å². The van der Waals surface area contributed by atoms with E-state index in [1.54, 1.807) is 81.6 Å². The highest BCUT2D eigenvalue weighted by molar-refractivity contribution is 8.15. The Morgan fingerprint density at radius 2 is 1.45 bits per heavy atom. The van der Waals surface area contributed by atoms with E-state index in [9.17, 15) is 19.2 Å². The lowest BCUT2D eigenvalue weighted by atomic mass is 10.1. The molecule has 12 heteroatoms. The van der Waals surface area contributed by atoms with Crippen molar-refractivity contribution in [2.75, 3.05) is 32.8 Å². The van der Waals surface area contributed by atoms with E-state index in [4.69, 9.17) is 23.9 Å². The summed E-state index contributed by atoms with van der Waals surface area (Å²) in [5.41, 5.74) is 2.46. The van der Waals surface area contributed by atoms with Crippen molar-refractivity contribution in [3.05, 3.63) is 83.4 Å². The summed E-state index contributed by atoms with van der Waals surface area (Å²) in [6.45, 7) is 4.14. The van der Waals surface area contributed by atoms with Crippen LogP contribution < -0.4 is 14.8 Å². The van der Waals surface area contributed by atoms with Crippen LogP contribution in [0.15, 0.2) is 71.7 Å². The van der Waals surface area contributed by atoms with Crippen LogP contribution in [0.4, 0.5) is 11.4 Å². The number of anilines is 1. The average molecular weight is 620 g/mol. The van der Waals surface area contributed by atoms with Gasteiger partial charge in [0.25, 0.3) is 0 Å². The number of ether oxygens (including phenoxy) is 4. The van der Waals surface area contributed by atoms with Crippen LogP contribution in [-0.2, 0) is 25.6 Å². The molecule has 0 saturated carbocycles. The van der Waals surface area contributed by atoms with Crippen LogP contribution in [0.1, 0.15) is 46.5 Å². The largest absolute Gasteiger partial charge is 0.493 e. The molecule has 0 spiro atoms. The molecule has 2 amide bonds. The molecule has 1 atom stereocenters. The van der Waals surface area contributed by atoms with Crippen molar-refractivity contribution >= 4 is 52.1 Å². The minimum atomic E-state index is -0.772. The number of amidine groups is 1. The van der Waals surface area contributed by atoms with E-state index in [1.165, 1.54) is 12.0 Å². The molecular weight excluding hydrogens is 586 g/mol. The number of methoxy groups -OCH3 is 2. The maximum atomic E-state index is 13.5. The van der Waals surface area contributed by atoms with Gasteiger partial charge in [-0.25, -0.2) is 14.6 Å². The number of esters is 2. The first-order chi connectivity index (χ1) is 21.3. The fourth-order valence-electron chi connectivity index (χ4n) is 4.28. The Hall–Kier alpha value is -4.84. The zero-order chi connectivity index (χ0) is 31.6. The number of nitrogens with zero attached hydrogens (tertiary/aromatic N) is 2. The summed E-state index contributed by atoms with van der Waals surface area (Å²) in [5, 5.41) is 2.36. The second-order valence-corrected chi connectivity index (χ2v) is 10.6. The summed E-state index contributed by atoms with van der Waals surface area (Å²) in [6, 6.07) is 18.2. The highest BCUT2D eigenvalue weighted by atomic mass is 32.2. The van der Waals surface area contributed by atoms with Gasteiger partial charge in [-0.1, -0.05) is 17.8 Å². The van der Waals surface area contributed by atoms with Gasteiger partial charge in [0.05, 0.1) is 50.8 Å². The number of benzene rings is 3. The van der Waals surface area contributed by atoms with Gasteiger partial charge in [0.2, 0.25) is 11.8 Å². The number of hydrogen-bond donors (Lipinski definition) is 1. The highest BCUT2D eigenvalue weighted by Crippen LogP contribution is 2.33. The van der Waals surface area contributed by atoms with Gasteiger partial charge >= 0.3 is 11.9 Å². The first kappa shape index (κ1) is 32.1. The normalized spacial score (nSPS) is 15.5. The standard InChI is InChI=1S/C32H33N3O8S/c1-5-42-30(38)21-8-12-23(13-9-21)33-29(37)27-18-28(36)35(19-20-7-16-25(40-3)26(17-20)41-4)32(44-27)34-24-14-10-22(11-15-24)31(39)43-6-2/h7-17,27H,5-6,18-19H2,1-4H3,(H,33,37). The average Bonchev–Trinajstić information content (AvgIpc) is 3.03. The second-order valence-electron chi connectivity index (χ2n) is 9.43. The Morgan fingerprint density at radius 3 is 2.02 bits per heavy atom. The quantitative estimate of drug-likeness (QED) is 0.287. The Kier molecular flexibility index (Phi) is 11.0. The molecule has 1 unspecified atom stereocenters. The lowest BCUT2D eigenvalue weighted by Gasteiger charge is -2.32. The van der Waals surface area contributed by atoms with E-state index in [-0.39, 0.29) is 38.0 Å². The number of nitrogens with one attached hydrogen (secondary N) is 1. The third-order valence-corrected chi connectivity index (χ3v) is 7.68. The lowest BCUT2D eigenvalue weighted by Crippen LogP contribution is -2.44. The number of aliphatic imine (C=N–C) groups is 1. The van der Waals surface area contributed by atoms with Gasteiger partial charge < -0.3 is 24.3 Å². The zero-order valence-corrected chi connectivity index (χ0v) is 25.6. The lowest BCUT2D eigenvalue weighted by molar-refractivity contribution is -0.129. The van der Waals surface area contributed by atoms with Crippen LogP contribution in [0.5, 0.6) is 11.5 Å². The van der Waals surface area contributed by atoms with Crippen LogP contribution in [0.3, 0.4) is 0 Å². The van der Waals surface area contributed by atoms with Gasteiger partial charge in [-0.15, -0.1) is 0 Å². The summed E-state index contributed by atoms with van der Waals surface area (Å²) >= 11 is 1.16. The number of thioether (sulfide) groups is 1. The van der Waals surface area contributed by atoms with Crippen molar-refractivity contribution < 1.29 is 38.1 Å². The van der Waals surface area contributed by atoms with Crippen LogP contribution in [-0.4, -0.2) is 66.5 Å². The first-order valence-corrected chi connectivity index (χ1v) is 14.8. The Bertz CT molecular complexity index is 1540. The minimum absolute atomic E-state index is 0.0640. The number of amides is 2.